The molecule has 0 radical (unpaired) electrons. The quantitative estimate of drug-likeness (QED) is 0.701. The number of hydrogen-bond donors (Lipinski definition) is 1. The Bertz CT molecular complexity index is 172. The molecular weight excluding hydrogens is 198 g/mol. The maximum atomic E-state index is 5.81. The van der Waals surface area contributed by atoms with Crippen LogP contribution in [0.1, 0.15) is 57.8 Å². The molecule has 0 aromatic carbocycles. The largest absolute Gasteiger partial charge is 0.381 e. The van der Waals surface area contributed by atoms with Gasteiger partial charge in [0, 0.05) is 19.3 Å². The van der Waals surface area contributed by atoms with Crippen molar-refractivity contribution in [2.75, 3.05) is 19.8 Å². The predicted octanol–water partition coefficient (Wildman–Crippen LogP) is 3.12. The minimum Gasteiger partial charge on any atom is -0.381 e. The fraction of sp³-hybridized carbons (Fsp3) is 1.00. The molecule has 2 aliphatic rings. The van der Waals surface area contributed by atoms with Crippen LogP contribution in [0.3, 0.4) is 0 Å². The maximum Gasteiger partial charge on any atom is 0.0494 e. The average molecular weight is 225 g/mol. The van der Waals surface area contributed by atoms with E-state index >= 15 is 0 Å². The van der Waals surface area contributed by atoms with Gasteiger partial charge in [0.05, 0.1) is 0 Å². The molecule has 0 bridgehead atoms. The summed E-state index contributed by atoms with van der Waals surface area (Å²) in [5, 5.41) is 3.54. The first-order valence-electron chi connectivity index (χ1n) is 7.26. The van der Waals surface area contributed by atoms with E-state index in [0.717, 1.165) is 25.2 Å². The number of nitrogens with one attached hydrogen (secondary N) is 1. The Morgan fingerprint density at radius 1 is 1.00 bits per heavy atom. The third-order valence-electron chi connectivity index (χ3n) is 4.08. The van der Waals surface area contributed by atoms with Crippen LogP contribution in [0, 0.1) is 5.92 Å². The molecule has 94 valence electrons. The van der Waals surface area contributed by atoms with Crippen molar-refractivity contribution < 1.29 is 4.74 Å². The second-order valence-electron chi connectivity index (χ2n) is 5.51. The second-order valence-corrected chi connectivity index (χ2v) is 5.51. The van der Waals surface area contributed by atoms with Crippen LogP contribution in [0.2, 0.25) is 0 Å². The fourth-order valence-corrected chi connectivity index (χ4v) is 3.04. The lowest BCUT2D eigenvalue weighted by Gasteiger charge is -2.21. The molecule has 0 spiro atoms. The van der Waals surface area contributed by atoms with Gasteiger partial charge in [-0.25, -0.2) is 0 Å². The second kappa shape index (κ2) is 7.29. The predicted molar refractivity (Wildman–Crippen MR) is 67.7 cm³/mol. The molecule has 0 amide bonds. The summed E-state index contributed by atoms with van der Waals surface area (Å²) in [6, 6.07) is 0.790. The molecule has 2 rings (SSSR count). The van der Waals surface area contributed by atoms with Crippen LogP contribution < -0.4 is 5.32 Å². The summed E-state index contributed by atoms with van der Waals surface area (Å²) < 4.78 is 5.81. The highest BCUT2D eigenvalue weighted by molar-refractivity contribution is 4.73. The summed E-state index contributed by atoms with van der Waals surface area (Å²) in [4.78, 5) is 0. The Balaban J connectivity index is 1.42. The third kappa shape index (κ3) is 4.42. The zero-order valence-corrected chi connectivity index (χ0v) is 10.5. The molecule has 1 N–H and O–H groups in total. The summed E-state index contributed by atoms with van der Waals surface area (Å²) in [7, 11) is 0. The van der Waals surface area contributed by atoms with Gasteiger partial charge in [-0.3, -0.25) is 0 Å². The smallest absolute Gasteiger partial charge is 0.0494 e. The van der Waals surface area contributed by atoms with E-state index < -0.39 is 0 Å². The highest BCUT2D eigenvalue weighted by atomic mass is 16.5. The monoisotopic (exact) mass is 225 g/mol. The van der Waals surface area contributed by atoms with E-state index in [0.29, 0.717) is 0 Å². The van der Waals surface area contributed by atoms with Crippen LogP contribution in [0.25, 0.3) is 0 Å². The highest BCUT2D eigenvalue weighted by Gasteiger charge is 2.14. The first-order chi connectivity index (χ1) is 7.95. The van der Waals surface area contributed by atoms with E-state index in [1.54, 1.807) is 0 Å². The molecule has 1 atom stereocenters. The number of hydrogen-bond acceptors (Lipinski definition) is 2. The van der Waals surface area contributed by atoms with Crippen molar-refractivity contribution in [1.29, 1.82) is 0 Å². The highest BCUT2D eigenvalue weighted by Crippen LogP contribution is 2.23. The SMILES string of the molecule is C1CCC(COCCCC2CCCN2)CC1. The molecular formula is C14H27NO. The Morgan fingerprint density at radius 3 is 2.62 bits per heavy atom. The first-order valence-corrected chi connectivity index (χ1v) is 7.26. The van der Waals surface area contributed by atoms with E-state index in [1.807, 2.05) is 0 Å². The Labute approximate surface area is 100 Å². The van der Waals surface area contributed by atoms with Gasteiger partial charge in [0.1, 0.15) is 0 Å². The summed E-state index contributed by atoms with van der Waals surface area (Å²) in [6.45, 7) is 3.24. The third-order valence-corrected chi connectivity index (χ3v) is 4.08. The molecule has 1 unspecified atom stereocenters. The molecule has 16 heavy (non-hydrogen) atoms. The lowest BCUT2D eigenvalue weighted by Crippen LogP contribution is -2.21. The van der Waals surface area contributed by atoms with Gasteiger partial charge in [-0.1, -0.05) is 19.3 Å². The Morgan fingerprint density at radius 2 is 1.88 bits per heavy atom. The van der Waals surface area contributed by atoms with E-state index in [-0.39, 0.29) is 0 Å². The lowest BCUT2D eigenvalue weighted by molar-refractivity contribution is 0.0816. The Hall–Kier alpha value is -0.0800. The summed E-state index contributed by atoms with van der Waals surface area (Å²) in [5.74, 6) is 0.873. The minimum absolute atomic E-state index is 0.790. The van der Waals surface area contributed by atoms with E-state index in [9.17, 15) is 0 Å². The number of ether oxygens (including phenoxy) is 1. The molecule has 2 heteroatoms. The van der Waals surface area contributed by atoms with Crippen LogP contribution in [0.4, 0.5) is 0 Å². The molecule has 2 nitrogen and oxygen atoms in total. The zero-order valence-electron chi connectivity index (χ0n) is 10.5. The number of rotatable bonds is 6. The van der Waals surface area contributed by atoms with Crippen molar-refractivity contribution in [3.05, 3.63) is 0 Å². The van der Waals surface area contributed by atoms with Crippen LogP contribution in [-0.4, -0.2) is 25.8 Å². The molecule has 1 aliphatic carbocycles. The summed E-state index contributed by atoms with van der Waals surface area (Å²) in [6.07, 6.45) is 12.4. The van der Waals surface area contributed by atoms with Gasteiger partial charge in [0.2, 0.25) is 0 Å². The van der Waals surface area contributed by atoms with Gasteiger partial charge < -0.3 is 10.1 Å². The van der Waals surface area contributed by atoms with E-state index in [1.165, 1.54) is 64.3 Å². The van der Waals surface area contributed by atoms with Crippen molar-refractivity contribution in [2.24, 2.45) is 5.92 Å². The average Bonchev–Trinajstić information content (AvgIpc) is 2.83. The van der Waals surface area contributed by atoms with Crippen molar-refractivity contribution in [1.82, 2.24) is 5.32 Å². The van der Waals surface area contributed by atoms with Gasteiger partial charge in [0.25, 0.3) is 0 Å². The van der Waals surface area contributed by atoms with E-state index in [4.69, 9.17) is 4.74 Å². The van der Waals surface area contributed by atoms with Crippen molar-refractivity contribution in [3.63, 3.8) is 0 Å². The van der Waals surface area contributed by atoms with Crippen LogP contribution >= 0.6 is 0 Å². The molecule has 1 saturated heterocycles. The molecule has 1 aliphatic heterocycles. The Kier molecular flexibility index (Phi) is 5.64. The van der Waals surface area contributed by atoms with Crippen molar-refractivity contribution in [3.8, 4) is 0 Å². The summed E-state index contributed by atoms with van der Waals surface area (Å²) in [5.41, 5.74) is 0. The fourth-order valence-electron chi connectivity index (χ4n) is 3.04. The molecule has 0 aromatic heterocycles. The van der Waals surface area contributed by atoms with Crippen LogP contribution in [-0.2, 0) is 4.74 Å². The standard InChI is InChI=1S/C14H27NO/c1-2-6-13(7-3-1)12-16-11-5-9-14-8-4-10-15-14/h13-15H,1-12H2. The lowest BCUT2D eigenvalue weighted by atomic mass is 9.90. The molecule has 0 aromatic rings. The topological polar surface area (TPSA) is 21.3 Å². The van der Waals surface area contributed by atoms with Gasteiger partial charge in [-0.05, 0) is 51.0 Å². The maximum absolute atomic E-state index is 5.81. The van der Waals surface area contributed by atoms with E-state index in [2.05, 4.69) is 5.32 Å². The van der Waals surface area contributed by atoms with Gasteiger partial charge in [0.15, 0.2) is 0 Å². The van der Waals surface area contributed by atoms with Crippen LogP contribution in [0.15, 0.2) is 0 Å². The van der Waals surface area contributed by atoms with Crippen molar-refractivity contribution >= 4 is 0 Å². The first kappa shape index (κ1) is 12.4. The minimum atomic E-state index is 0.790. The van der Waals surface area contributed by atoms with Crippen LogP contribution in [0.5, 0.6) is 0 Å². The summed E-state index contributed by atoms with van der Waals surface area (Å²) >= 11 is 0. The van der Waals surface area contributed by atoms with Gasteiger partial charge >= 0.3 is 0 Å². The molecule has 1 heterocycles. The van der Waals surface area contributed by atoms with Crippen molar-refractivity contribution in [2.45, 2.75) is 63.8 Å². The molecule has 2 fully saturated rings. The molecule has 1 saturated carbocycles. The zero-order chi connectivity index (χ0) is 11.1. The van der Waals surface area contributed by atoms with Gasteiger partial charge in [-0.15, -0.1) is 0 Å². The normalized spacial score (nSPS) is 27.4. The van der Waals surface area contributed by atoms with Gasteiger partial charge in [-0.2, -0.15) is 0 Å².